The van der Waals surface area contributed by atoms with Gasteiger partial charge in [-0.2, -0.15) is 4.31 Å². The van der Waals surface area contributed by atoms with Crippen LogP contribution in [0.2, 0.25) is 0 Å². The van der Waals surface area contributed by atoms with Gasteiger partial charge in [0.05, 0.1) is 22.6 Å². The smallest absolute Gasteiger partial charge is 0.252 e. The molecule has 1 aliphatic carbocycles. The summed E-state index contributed by atoms with van der Waals surface area (Å²) in [5.41, 5.74) is 10.1. The summed E-state index contributed by atoms with van der Waals surface area (Å²) >= 11 is 0. The van der Waals surface area contributed by atoms with Crippen molar-refractivity contribution in [3.05, 3.63) is 63.4 Å². The van der Waals surface area contributed by atoms with Gasteiger partial charge in [-0.3, -0.25) is 4.79 Å². The number of aryl methyl sites for hydroxylation is 2. The van der Waals surface area contributed by atoms with Gasteiger partial charge in [-0.15, -0.1) is 0 Å². The zero-order chi connectivity index (χ0) is 25.6. The van der Waals surface area contributed by atoms with E-state index in [1.807, 2.05) is 44.0 Å². The molecule has 192 valence electrons. The van der Waals surface area contributed by atoms with Crippen molar-refractivity contribution in [3.63, 3.8) is 0 Å². The average Bonchev–Trinajstić information content (AvgIpc) is 2.86. The molecule has 0 bridgehead atoms. The number of nitrogens with zero attached hydrogens (tertiary/aromatic N) is 2. The number of aromatic amines is 1. The Balaban J connectivity index is 1.56. The fraction of sp³-hybridized carbons (Fsp3) is 0.444. The molecule has 1 aliphatic heterocycles. The largest absolute Gasteiger partial charge is 0.490 e. The van der Waals surface area contributed by atoms with Crippen LogP contribution < -0.4 is 20.9 Å². The summed E-state index contributed by atoms with van der Waals surface area (Å²) in [6, 6.07) is 10.7. The van der Waals surface area contributed by atoms with Gasteiger partial charge in [-0.05, 0) is 74.2 Å². The van der Waals surface area contributed by atoms with E-state index in [1.54, 1.807) is 18.2 Å². The zero-order valence-electron chi connectivity index (χ0n) is 21.1. The van der Waals surface area contributed by atoms with Crippen LogP contribution in [0.5, 0.6) is 5.75 Å². The normalized spacial score (nSPS) is 20.4. The summed E-state index contributed by atoms with van der Waals surface area (Å²) in [6.07, 6.45) is 2.82. The quantitative estimate of drug-likeness (QED) is 0.544. The molecule has 2 aliphatic rings. The van der Waals surface area contributed by atoms with Crippen LogP contribution in [-0.2, 0) is 16.6 Å². The molecule has 1 fully saturated rings. The van der Waals surface area contributed by atoms with E-state index in [0.717, 1.165) is 47.1 Å². The molecule has 36 heavy (non-hydrogen) atoms. The number of hydrogen-bond acceptors (Lipinski definition) is 6. The Morgan fingerprint density at radius 3 is 2.61 bits per heavy atom. The molecule has 2 heterocycles. The van der Waals surface area contributed by atoms with Gasteiger partial charge in [-0.25, -0.2) is 8.42 Å². The summed E-state index contributed by atoms with van der Waals surface area (Å²) in [7, 11) is -1.95. The highest BCUT2D eigenvalue weighted by atomic mass is 32.2. The maximum Gasteiger partial charge on any atom is 0.252 e. The third kappa shape index (κ3) is 4.51. The van der Waals surface area contributed by atoms with Gasteiger partial charge in [0.1, 0.15) is 12.4 Å². The Bertz CT molecular complexity index is 1460. The SMILES string of the molecule is Cc1ccc2cc(CN([C@H]3CC[C@H](N)CC3)S(=O)(=O)c3ccc4c(c3)OCCN4C)c(=O)[nH]c2c1C. The number of pyridine rings is 1. The topological polar surface area (TPSA) is 109 Å². The predicted molar refractivity (Wildman–Crippen MR) is 142 cm³/mol. The maximum absolute atomic E-state index is 14.1. The number of H-pyrrole nitrogens is 1. The summed E-state index contributed by atoms with van der Waals surface area (Å²) in [5.74, 6) is 0.560. The van der Waals surface area contributed by atoms with Crippen LogP contribution in [0.3, 0.4) is 0 Å². The van der Waals surface area contributed by atoms with Crippen molar-refractivity contribution in [2.24, 2.45) is 5.73 Å². The molecule has 0 unspecified atom stereocenters. The first-order valence-electron chi connectivity index (χ1n) is 12.5. The molecular weight excluding hydrogens is 476 g/mol. The lowest BCUT2D eigenvalue weighted by Gasteiger charge is -2.35. The van der Waals surface area contributed by atoms with Gasteiger partial charge >= 0.3 is 0 Å². The van der Waals surface area contributed by atoms with Crippen LogP contribution in [0.4, 0.5) is 5.69 Å². The molecule has 5 rings (SSSR count). The van der Waals surface area contributed by atoms with E-state index in [1.165, 1.54) is 4.31 Å². The van der Waals surface area contributed by atoms with Gasteiger partial charge in [0.15, 0.2) is 0 Å². The molecule has 2 aromatic carbocycles. The monoisotopic (exact) mass is 510 g/mol. The minimum atomic E-state index is -3.91. The van der Waals surface area contributed by atoms with Gasteiger partial charge in [0, 0.05) is 37.3 Å². The maximum atomic E-state index is 14.1. The Hall–Kier alpha value is -2.88. The van der Waals surface area contributed by atoms with E-state index < -0.39 is 10.0 Å². The standard InChI is InChI=1S/C27H34N4O4S/c1-17-4-5-19-14-20(27(32)29-26(19)18(17)2)16-31(22-8-6-21(28)7-9-22)36(33,34)23-10-11-24-25(15-23)35-13-12-30(24)3/h4-5,10-11,14-15,21-22H,6-9,12-13,16,28H2,1-3H3,(H,29,32)/t21-,22-. The molecule has 8 nitrogen and oxygen atoms in total. The van der Waals surface area contributed by atoms with E-state index in [-0.39, 0.29) is 29.1 Å². The first-order valence-corrected chi connectivity index (χ1v) is 14.0. The van der Waals surface area contributed by atoms with Crippen LogP contribution >= 0.6 is 0 Å². The fourth-order valence-electron chi connectivity index (χ4n) is 5.29. The van der Waals surface area contributed by atoms with Crippen molar-refractivity contribution in [1.82, 2.24) is 9.29 Å². The molecule has 1 saturated carbocycles. The van der Waals surface area contributed by atoms with Crippen molar-refractivity contribution < 1.29 is 13.2 Å². The number of hydrogen-bond donors (Lipinski definition) is 2. The highest BCUT2D eigenvalue weighted by Gasteiger charge is 2.35. The molecule has 0 spiro atoms. The Labute approximate surface area is 212 Å². The fourth-order valence-corrected chi connectivity index (χ4v) is 6.97. The second-order valence-corrected chi connectivity index (χ2v) is 12.0. The van der Waals surface area contributed by atoms with Crippen LogP contribution in [0, 0.1) is 13.8 Å². The summed E-state index contributed by atoms with van der Waals surface area (Å²) in [6.45, 7) is 5.23. The van der Waals surface area contributed by atoms with Crippen LogP contribution in [0.25, 0.3) is 10.9 Å². The second-order valence-electron chi connectivity index (χ2n) is 10.1. The number of likely N-dealkylation sites (N-methyl/N-ethyl adjacent to an activating group) is 1. The van der Waals surface area contributed by atoms with Crippen molar-refractivity contribution in [2.45, 2.75) is 63.1 Å². The molecule has 3 aromatic rings. The van der Waals surface area contributed by atoms with E-state index in [9.17, 15) is 13.2 Å². The minimum absolute atomic E-state index is 0.00171. The van der Waals surface area contributed by atoms with Gasteiger partial charge in [0.2, 0.25) is 10.0 Å². The Morgan fingerprint density at radius 1 is 1.11 bits per heavy atom. The molecule has 9 heteroatoms. The predicted octanol–water partition coefficient (Wildman–Crippen LogP) is 3.43. The highest BCUT2D eigenvalue weighted by Crippen LogP contribution is 2.36. The molecule has 1 aromatic heterocycles. The number of nitrogens with two attached hydrogens (primary N) is 1. The van der Waals surface area contributed by atoms with Crippen LogP contribution in [0.1, 0.15) is 42.4 Å². The van der Waals surface area contributed by atoms with E-state index in [0.29, 0.717) is 30.8 Å². The first-order chi connectivity index (χ1) is 17.1. The lowest BCUT2D eigenvalue weighted by Crippen LogP contribution is -2.44. The van der Waals surface area contributed by atoms with Crippen molar-refractivity contribution >= 4 is 26.6 Å². The molecule has 3 N–H and O–H groups in total. The van der Waals surface area contributed by atoms with E-state index in [4.69, 9.17) is 10.5 Å². The van der Waals surface area contributed by atoms with Crippen LogP contribution in [-0.4, -0.2) is 50.0 Å². The Kier molecular flexibility index (Phi) is 6.57. The van der Waals surface area contributed by atoms with Crippen molar-refractivity contribution in [3.8, 4) is 5.75 Å². The van der Waals surface area contributed by atoms with E-state index in [2.05, 4.69) is 4.98 Å². The lowest BCUT2D eigenvalue weighted by atomic mass is 9.91. The minimum Gasteiger partial charge on any atom is -0.490 e. The van der Waals surface area contributed by atoms with Gasteiger partial charge < -0.3 is 20.4 Å². The summed E-state index contributed by atoms with van der Waals surface area (Å²) in [5, 5.41) is 0.890. The number of ether oxygens (including phenoxy) is 1. The number of nitrogens with one attached hydrogen (secondary N) is 1. The molecular formula is C27H34N4O4S. The van der Waals surface area contributed by atoms with E-state index >= 15 is 0 Å². The first kappa shape index (κ1) is 24.8. The van der Waals surface area contributed by atoms with Crippen molar-refractivity contribution in [2.75, 3.05) is 25.1 Å². The average molecular weight is 511 g/mol. The molecule has 0 saturated heterocycles. The molecule has 0 radical (unpaired) electrons. The Morgan fingerprint density at radius 2 is 1.86 bits per heavy atom. The van der Waals surface area contributed by atoms with Crippen molar-refractivity contribution in [1.29, 1.82) is 0 Å². The van der Waals surface area contributed by atoms with Crippen LogP contribution in [0.15, 0.2) is 46.1 Å². The number of aromatic nitrogens is 1. The number of fused-ring (bicyclic) bond motifs is 2. The second kappa shape index (κ2) is 9.53. The highest BCUT2D eigenvalue weighted by molar-refractivity contribution is 7.89. The number of rotatable bonds is 5. The summed E-state index contributed by atoms with van der Waals surface area (Å²) in [4.78, 5) is 18.4. The molecule has 0 atom stereocenters. The third-order valence-electron chi connectivity index (χ3n) is 7.74. The number of anilines is 1. The van der Waals surface area contributed by atoms with Gasteiger partial charge in [0.25, 0.3) is 5.56 Å². The van der Waals surface area contributed by atoms with Gasteiger partial charge in [-0.1, -0.05) is 12.1 Å². The third-order valence-corrected chi connectivity index (χ3v) is 9.63. The number of benzene rings is 2. The lowest BCUT2D eigenvalue weighted by molar-refractivity contribution is 0.234. The zero-order valence-corrected chi connectivity index (χ0v) is 21.9. The summed E-state index contributed by atoms with van der Waals surface area (Å²) < 4.78 is 35.4. The molecule has 0 amide bonds. The number of sulfonamides is 1.